The topological polar surface area (TPSA) is 51.2 Å². The van der Waals surface area contributed by atoms with Crippen molar-refractivity contribution in [1.29, 1.82) is 0 Å². The molecule has 1 aliphatic rings. The zero-order valence-corrected chi connectivity index (χ0v) is 11.7. The van der Waals surface area contributed by atoms with E-state index in [2.05, 4.69) is 10.3 Å². The van der Waals surface area contributed by atoms with Gasteiger partial charge < -0.3 is 10.1 Å². The van der Waals surface area contributed by atoms with Crippen LogP contribution in [0.1, 0.15) is 48.2 Å². The third-order valence-electron chi connectivity index (χ3n) is 3.79. The molecule has 0 spiro atoms. The molecule has 1 saturated carbocycles. The maximum Gasteiger partial charge on any atom is 0.339 e. The number of carbonyl (C=O) groups excluding carboxylic acids is 1. The number of carbonyl (C=O) groups is 1. The van der Waals surface area contributed by atoms with E-state index in [9.17, 15) is 4.79 Å². The summed E-state index contributed by atoms with van der Waals surface area (Å²) in [6.07, 6.45) is 6.69. The first-order valence-corrected chi connectivity index (χ1v) is 7.00. The lowest BCUT2D eigenvalue weighted by Crippen LogP contribution is -2.18. The molecule has 1 aromatic rings. The third kappa shape index (κ3) is 3.69. The van der Waals surface area contributed by atoms with Gasteiger partial charge in [0.15, 0.2) is 0 Å². The van der Waals surface area contributed by atoms with Crippen molar-refractivity contribution in [2.75, 3.05) is 19.0 Å². The van der Waals surface area contributed by atoms with E-state index < -0.39 is 0 Å². The van der Waals surface area contributed by atoms with Crippen molar-refractivity contribution >= 4 is 11.8 Å². The van der Waals surface area contributed by atoms with Crippen LogP contribution < -0.4 is 5.32 Å². The van der Waals surface area contributed by atoms with E-state index in [1.807, 2.05) is 13.0 Å². The summed E-state index contributed by atoms with van der Waals surface area (Å²) >= 11 is 0. The van der Waals surface area contributed by atoms with Crippen molar-refractivity contribution in [2.24, 2.45) is 5.92 Å². The fraction of sp³-hybridized carbons (Fsp3) is 0.600. The molecule has 0 atom stereocenters. The van der Waals surface area contributed by atoms with Gasteiger partial charge in [-0.2, -0.15) is 0 Å². The van der Waals surface area contributed by atoms with Gasteiger partial charge in [0, 0.05) is 6.54 Å². The molecule has 1 aliphatic carbocycles. The van der Waals surface area contributed by atoms with Gasteiger partial charge in [-0.3, -0.25) is 0 Å². The second kappa shape index (κ2) is 6.55. The van der Waals surface area contributed by atoms with Gasteiger partial charge in [-0.15, -0.1) is 0 Å². The van der Waals surface area contributed by atoms with Gasteiger partial charge in [0.25, 0.3) is 0 Å². The number of hydrogen-bond donors (Lipinski definition) is 1. The Morgan fingerprint density at radius 1 is 1.37 bits per heavy atom. The molecule has 0 saturated heterocycles. The average Bonchev–Trinajstić information content (AvgIpc) is 2.45. The molecule has 1 fully saturated rings. The van der Waals surface area contributed by atoms with Gasteiger partial charge in [0.2, 0.25) is 0 Å². The fourth-order valence-electron chi connectivity index (χ4n) is 2.63. The van der Waals surface area contributed by atoms with Crippen molar-refractivity contribution in [3.05, 3.63) is 23.4 Å². The molecule has 19 heavy (non-hydrogen) atoms. The summed E-state index contributed by atoms with van der Waals surface area (Å²) in [6, 6.07) is 3.62. The van der Waals surface area contributed by atoms with E-state index in [1.54, 1.807) is 6.07 Å². The lowest BCUT2D eigenvalue weighted by molar-refractivity contribution is 0.0599. The third-order valence-corrected chi connectivity index (χ3v) is 3.79. The number of anilines is 1. The predicted molar refractivity (Wildman–Crippen MR) is 75.4 cm³/mol. The molecule has 0 aromatic carbocycles. The van der Waals surface area contributed by atoms with Crippen molar-refractivity contribution in [1.82, 2.24) is 4.98 Å². The quantitative estimate of drug-likeness (QED) is 0.847. The first-order valence-electron chi connectivity index (χ1n) is 7.00. The molecule has 1 heterocycles. The summed E-state index contributed by atoms with van der Waals surface area (Å²) in [5.74, 6) is 1.27. The minimum Gasteiger partial charge on any atom is -0.465 e. The number of aromatic nitrogens is 1. The molecule has 2 rings (SSSR count). The zero-order chi connectivity index (χ0) is 13.7. The highest BCUT2D eigenvalue weighted by Crippen LogP contribution is 2.23. The van der Waals surface area contributed by atoms with Crippen LogP contribution in [0.25, 0.3) is 0 Å². The molecule has 4 nitrogen and oxygen atoms in total. The smallest absolute Gasteiger partial charge is 0.339 e. The normalized spacial score (nSPS) is 16.1. The molecule has 1 N–H and O–H groups in total. The van der Waals surface area contributed by atoms with Crippen molar-refractivity contribution < 1.29 is 9.53 Å². The average molecular weight is 262 g/mol. The van der Waals surface area contributed by atoms with Crippen LogP contribution in [0.4, 0.5) is 5.82 Å². The second-order valence-corrected chi connectivity index (χ2v) is 5.21. The van der Waals surface area contributed by atoms with Crippen molar-refractivity contribution in [2.45, 2.75) is 39.0 Å². The Morgan fingerprint density at radius 2 is 2.11 bits per heavy atom. The second-order valence-electron chi connectivity index (χ2n) is 5.21. The molecule has 0 amide bonds. The van der Waals surface area contributed by atoms with Crippen LogP contribution in [0.5, 0.6) is 0 Å². The molecule has 0 radical (unpaired) electrons. The number of rotatable bonds is 4. The molecule has 0 bridgehead atoms. The van der Waals surface area contributed by atoms with Gasteiger partial charge in [-0.05, 0) is 37.8 Å². The number of methoxy groups -OCH3 is 1. The highest BCUT2D eigenvalue weighted by Gasteiger charge is 2.14. The summed E-state index contributed by atoms with van der Waals surface area (Å²) in [7, 11) is 1.39. The Kier molecular flexibility index (Phi) is 4.77. The van der Waals surface area contributed by atoms with E-state index in [4.69, 9.17) is 4.74 Å². The van der Waals surface area contributed by atoms with Crippen LogP contribution in [0.15, 0.2) is 12.1 Å². The van der Waals surface area contributed by atoms with Gasteiger partial charge in [-0.1, -0.05) is 19.3 Å². The fourth-order valence-corrected chi connectivity index (χ4v) is 2.63. The molecule has 0 unspecified atom stereocenters. The van der Waals surface area contributed by atoms with E-state index in [0.717, 1.165) is 18.3 Å². The molecule has 4 heteroatoms. The summed E-state index contributed by atoms with van der Waals surface area (Å²) in [5.41, 5.74) is 1.24. The number of nitrogens with one attached hydrogen (secondary N) is 1. The monoisotopic (exact) mass is 262 g/mol. The van der Waals surface area contributed by atoms with E-state index >= 15 is 0 Å². The Balaban J connectivity index is 1.94. The highest BCUT2D eigenvalue weighted by molar-refractivity contribution is 5.90. The number of pyridine rings is 1. The van der Waals surface area contributed by atoms with Crippen LogP contribution in [-0.4, -0.2) is 24.6 Å². The number of hydrogen-bond acceptors (Lipinski definition) is 4. The predicted octanol–water partition coefficient (Wildman–Crippen LogP) is 3.17. The van der Waals surface area contributed by atoms with Crippen molar-refractivity contribution in [3.8, 4) is 0 Å². The van der Waals surface area contributed by atoms with Crippen LogP contribution in [-0.2, 0) is 4.74 Å². The lowest BCUT2D eigenvalue weighted by atomic mass is 9.89. The highest BCUT2D eigenvalue weighted by atomic mass is 16.5. The van der Waals surface area contributed by atoms with Crippen LogP contribution in [0.2, 0.25) is 0 Å². The van der Waals surface area contributed by atoms with Gasteiger partial charge in [0.05, 0.1) is 18.4 Å². The first kappa shape index (κ1) is 13.8. The Labute approximate surface area is 114 Å². The standard InChI is InChI=1S/C15H22N2O2/c1-11-13(15(18)19-2)8-9-14(17-11)16-10-12-6-4-3-5-7-12/h8-9,12H,3-7,10H2,1-2H3,(H,16,17). The van der Waals surface area contributed by atoms with Gasteiger partial charge in [0.1, 0.15) is 5.82 Å². The summed E-state index contributed by atoms with van der Waals surface area (Å²) in [4.78, 5) is 15.9. The maximum atomic E-state index is 11.5. The van der Waals surface area contributed by atoms with Crippen LogP contribution in [0.3, 0.4) is 0 Å². The lowest BCUT2D eigenvalue weighted by Gasteiger charge is -2.22. The zero-order valence-electron chi connectivity index (χ0n) is 11.7. The first-order chi connectivity index (χ1) is 9.20. The number of ether oxygens (including phenoxy) is 1. The number of esters is 1. The molecular formula is C15H22N2O2. The Morgan fingerprint density at radius 3 is 2.74 bits per heavy atom. The van der Waals surface area contributed by atoms with Crippen LogP contribution >= 0.6 is 0 Å². The minimum absolute atomic E-state index is 0.330. The Hall–Kier alpha value is -1.58. The van der Waals surface area contributed by atoms with E-state index in [0.29, 0.717) is 11.3 Å². The van der Waals surface area contributed by atoms with Crippen molar-refractivity contribution in [3.63, 3.8) is 0 Å². The SMILES string of the molecule is COC(=O)c1ccc(NCC2CCCCC2)nc1C. The minimum atomic E-state index is -0.330. The summed E-state index contributed by atoms with van der Waals surface area (Å²) < 4.78 is 4.71. The molecule has 0 aliphatic heterocycles. The molecule has 104 valence electrons. The largest absolute Gasteiger partial charge is 0.465 e. The maximum absolute atomic E-state index is 11.5. The summed E-state index contributed by atoms with van der Waals surface area (Å²) in [5, 5.41) is 3.38. The van der Waals surface area contributed by atoms with Crippen LogP contribution in [0, 0.1) is 12.8 Å². The van der Waals surface area contributed by atoms with Gasteiger partial charge >= 0.3 is 5.97 Å². The van der Waals surface area contributed by atoms with E-state index in [-0.39, 0.29) is 5.97 Å². The molecular weight excluding hydrogens is 240 g/mol. The van der Waals surface area contributed by atoms with E-state index in [1.165, 1.54) is 39.2 Å². The Bertz CT molecular complexity index is 440. The van der Waals surface area contributed by atoms with Gasteiger partial charge in [-0.25, -0.2) is 9.78 Å². The molecule has 1 aromatic heterocycles. The number of aryl methyl sites for hydroxylation is 1. The number of nitrogens with zero attached hydrogens (tertiary/aromatic N) is 1. The summed E-state index contributed by atoms with van der Waals surface area (Å²) in [6.45, 7) is 2.81.